The summed E-state index contributed by atoms with van der Waals surface area (Å²) in [6.07, 6.45) is 1.90. The molecule has 172 valence electrons. The third-order valence-electron chi connectivity index (χ3n) is 5.74. The number of aromatic nitrogens is 1. The fourth-order valence-corrected chi connectivity index (χ4v) is 5.72. The zero-order valence-electron chi connectivity index (χ0n) is 18.6. The van der Waals surface area contributed by atoms with Crippen molar-refractivity contribution >= 4 is 37.5 Å². The van der Waals surface area contributed by atoms with Gasteiger partial charge in [-0.1, -0.05) is 26.0 Å². The van der Waals surface area contributed by atoms with Crippen LogP contribution in [-0.2, 0) is 21.2 Å². The molecular formula is C23H29N3O4S2. The summed E-state index contributed by atoms with van der Waals surface area (Å²) in [5.41, 5.74) is 0.366. The molecule has 0 fully saturated rings. The second-order valence-corrected chi connectivity index (χ2v) is 10.5. The zero-order chi connectivity index (χ0) is 23.2. The highest BCUT2D eigenvalue weighted by Gasteiger charge is 2.36. The SMILES string of the molecule is CCC(CC)(Cc1nc2ccccc2s1)C(=O)NCCNS(=O)(=O)c1ccc(OC)cc1. The maximum atomic E-state index is 13.1. The second kappa shape index (κ2) is 10.4. The van der Waals surface area contributed by atoms with Crippen LogP contribution in [0.5, 0.6) is 5.75 Å². The Balaban J connectivity index is 1.59. The molecular weight excluding hydrogens is 446 g/mol. The number of nitrogens with zero attached hydrogens (tertiary/aromatic N) is 1. The first-order valence-corrected chi connectivity index (χ1v) is 12.9. The van der Waals surface area contributed by atoms with E-state index in [0.717, 1.165) is 15.2 Å². The molecule has 0 spiro atoms. The normalized spacial score (nSPS) is 12.1. The smallest absolute Gasteiger partial charge is 0.240 e. The summed E-state index contributed by atoms with van der Waals surface area (Å²) in [5, 5.41) is 3.85. The minimum Gasteiger partial charge on any atom is -0.497 e. The van der Waals surface area contributed by atoms with E-state index in [0.29, 0.717) is 25.0 Å². The first-order valence-electron chi connectivity index (χ1n) is 10.6. The van der Waals surface area contributed by atoms with Crippen LogP contribution in [0.25, 0.3) is 10.2 Å². The average molecular weight is 476 g/mol. The van der Waals surface area contributed by atoms with Crippen LogP contribution in [0.15, 0.2) is 53.4 Å². The van der Waals surface area contributed by atoms with Crippen molar-refractivity contribution in [2.45, 2.75) is 38.0 Å². The van der Waals surface area contributed by atoms with Crippen molar-refractivity contribution < 1.29 is 17.9 Å². The molecule has 2 N–H and O–H groups in total. The molecule has 0 aliphatic rings. The third-order valence-corrected chi connectivity index (χ3v) is 8.25. The number of benzene rings is 2. The lowest BCUT2D eigenvalue weighted by molar-refractivity contribution is -0.131. The lowest BCUT2D eigenvalue weighted by Gasteiger charge is -2.29. The molecule has 0 atom stereocenters. The molecule has 32 heavy (non-hydrogen) atoms. The van der Waals surface area contributed by atoms with Gasteiger partial charge in [-0.2, -0.15) is 0 Å². The number of amides is 1. The van der Waals surface area contributed by atoms with Crippen LogP contribution in [0.4, 0.5) is 0 Å². The largest absolute Gasteiger partial charge is 0.497 e. The van der Waals surface area contributed by atoms with E-state index < -0.39 is 15.4 Å². The molecule has 1 amide bonds. The van der Waals surface area contributed by atoms with E-state index in [9.17, 15) is 13.2 Å². The van der Waals surface area contributed by atoms with E-state index in [1.165, 1.54) is 19.2 Å². The number of para-hydroxylation sites is 1. The molecule has 0 aliphatic heterocycles. The van der Waals surface area contributed by atoms with Crippen molar-refractivity contribution in [2.24, 2.45) is 5.41 Å². The van der Waals surface area contributed by atoms with Crippen LogP contribution in [-0.4, -0.2) is 39.5 Å². The molecule has 3 rings (SSSR count). The predicted molar refractivity (Wildman–Crippen MR) is 128 cm³/mol. The van der Waals surface area contributed by atoms with E-state index in [-0.39, 0.29) is 23.9 Å². The molecule has 3 aromatic rings. The van der Waals surface area contributed by atoms with Gasteiger partial charge in [0.15, 0.2) is 0 Å². The Labute approximate surface area is 193 Å². The van der Waals surface area contributed by atoms with Gasteiger partial charge in [0.1, 0.15) is 5.75 Å². The Morgan fingerprint density at radius 1 is 1.06 bits per heavy atom. The van der Waals surface area contributed by atoms with E-state index in [1.54, 1.807) is 23.5 Å². The quantitative estimate of drug-likeness (QED) is 0.412. The number of methoxy groups -OCH3 is 1. The van der Waals surface area contributed by atoms with Gasteiger partial charge in [-0.25, -0.2) is 18.1 Å². The Hall–Kier alpha value is -2.49. The lowest BCUT2D eigenvalue weighted by atomic mass is 9.78. The van der Waals surface area contributed by atoms with Gasteiger partial charge in [-0.05, 0) is 49.2 Å². The number of nitrogens with one attached hydrogen (secondary N) is 2. The number of fused-ring (bicyclic) bond motifs is 1. The van der Waals surface area contributed by atoms with Crippen LogP contribution in [0.1, 0.15) is 31.7 Å². The number of thiazole rings is 1. The van der Waals surface area contributed by atoms with Crippen LogP contribution < -0.4 is 14.8 Å². The first-order chi connectivity index (χ1) is 15.3. The van der Waals surface area contributed by atoms with Crippen LogP contribution in [0.2, 0.25) is 0 Å². The van der Waals surface area contributed by atoms with E-state index in [4.69, 9.17) is 4.74 Å². The van der Waals surface area contributed by atoms with Crippen LogP contribution in [0, 0.1) is 5.41 Å². The highest BCUT2D eigenvalue weighted by Crippen LogP contribution is 2.34. The van der Waals surface area contributed by atoms with Gasteiger partial charge in [-0.15, -0.1) is 11.3 Å². The van der Waals surface area contributed by atoms with Gasteiger partial charge < -0.3 is 10.1 Å². The summed E-state index contributed by atoms with van der Waals surface area (Å²) in [6, 6.07) is 14.1. The maximum absolute atomic E-state index is 13.1. The fourth-order valence-electron chi connectivity index (χ4n) is 3.57. The fraction of sp³-hybridized carbons (Fsp3) is 0.391. The second-order valence-electron chi connectivity index (χ2n) is 7.57. The molecule has 2 aromatic carbocycles. The van der Waals surface area contributed by atoms with Gasteiger partial charge in [0.2, 0.25) is 15.9 Å². The maximum Gasteiger partial charge on any atom is 0.240 e. The van der Waals surface area contributed by atoms with Crippen molar-refractivity contribution in [1.29, 1.82) is 0 Å². The summed E-state index contributed by atoms with van der Waals surface area (Å²) >= 11 is 1.61. The van der Waals surface area contributed by atoms with Gasteiger partial charge >= 0.3 is 0 Å². The number of rotatable bonds is 11. The van der Waals surface area contributed by atoms with Crippen LogP contribution in [0.3, 0.4) is 0 Å². The zero-order valence-corrected chi connectivity index (χ0v) is 20.2. The number of ether oxygens (including phenoxy) is 1. The minimum atomic E-state index is -3.66. The molecule has 1 heterocycles. The first kappa shape index (κ1) is 24.2. The molecule has 0 saturated heterocycles. The summed E-state index contributed by atoms with van der Waals surface area (Å²) in [4.78, 5) is 17.9. The molecule has 0 bridgehead atoms. The molecule has 7 nitrogen and oxygen atoms in total. The molecule has 0 aliphatic carbocycles. The number of carbonyl (C=O) groups excluding carboxylic acids is 1. The number of carbonyl (C=O) groups is 1. The van der Waals surface area contributed by atoms with Crippen molar-refractivity contribution in [2.75, 3.05) is 20.2 Å². The highest BCUT2D eigenvalue weighted by molar-refractivity contribution is 7.89. The van der Waals surface area contributed by atoms with Gasteiger partial charge in [0.25, 0.3) is 0 Å². The Kier molecular flexibility index (Phi) is 7.86. The van der Waals surface area contributed by atoms with Gasteiger partial charge in [0.05, 0.1) is 32.6 Å². The summed E-state index contributed by atoms with van der Waals surface area (Å²) < 4.78 is 33.6. The van der Waals surface area contributed by atoms with Crippen molar-refractivity contribution in [3.8, 4) is 5.75 Å². The van der Waals surface area contributed by atoms with E-state index >= 15 is 0 Å². The van der Waals surface area contributed by atoms with Crippen molar-refractivity contribution in [1.82, 2.24) is 15.0 Å². The van der Waals surface area contributed by atoms with E-state index in [1.807, 2.05) is 38.1 Å². The Morgan fingerprint density at radius 3 is 2.38 bits per heavy atom. The molecule has 0 saturated carbocycles. The Bertz CT molecular complexity index is 1120. The molecule has 9 heteroatoms. The van der Waals surface area contributed by atoms with Crippen molar-refractivity contribution in [3.63, 3.8) is 0 Å². The number of hydrogen-bond acceptors (Lipinski definition) is 6. The molecule has 1 aromatic heterocycles. The molecule has 0 unspecified atom stereocenters. The highest BCUT2D eigenvalue weighted by atomic mass is 32.2. The molecule has 0 radical (unpaired) electrons. The summed E-state index contributed by atoms with van der Waals surface area (Å²) in [5.74, 6) is 0.505. The van der Waals surface area contributed by atoms with Gasteiger partial charge in [0, 0.05) is 19.5 Å². The van der Waals surface area contributed by atoms with Gasteiger partial charge in [-0.3, -0.25) is 4.79 Å². The minimum absolute atomic E-state index is 0.0783. The number of hydrogen-bond donors (Lipinski definition) is 2. The standard InChI is InChI=1S/C23H29N3O4S2/c1-4-23(5-2,16-21-26-19-8-6-7-9-20(19)31-21)22(27)24-14-15-25-32(28,29)18-12-10-17(30-3)11-13-18/h6-13,25H,4-5,14-16H2,1-3H3,(H,24,27). The van der Waals surface area contributed by atoms with E-state index in [2.05, 4.69) is 15.0 Å². The predicted octanol–water partition coefficient (Wildman–Crippen LogP) is 3.75. The Morgan fingerprint density at radius 2 is 1.75 bits per heavy atom. The monoisotopic (exact) mass is 475 g/mol. The van der Waals surface area contributed by atoms with Crippen LogP contribution >= 0.6 is 11.3 Å². The number of sulfonamides is 1. The summed E-state index contributed by atoms with van der Waals surface area (Å²) in [7, 11) is -2.14. The summed E-state index contributed by atoms with van der Waals surface area (Å²) in [6.45, 7) is 4.31. The lowest BCUT2D eigenvalue weighted by Crippen LogP contribution is -2.44. The van der Waals surface area contributed by atoms with Crippen molar-refractivity contribution in [3.05, 3.63) is 53.5 Å². The third kappa shape index (κ3) is 5.46. The average Bonchev–Trinajstić information content (AvgIpc) is 3.22. The topological polar surface area (TPSA) is 97.4 Å².